The van der Waals surface area contributed by atoms with Crippen LogP contribution < -0.4 is 15.4 Å². The Balaban J connectivity index is 1.94. The molecular weight excluding hydrogens is 360 g/mol. The number of hydrogen-bond acceptors (Lipinski definition) is 5. The van der Waals surface area contributed by atoms with E-state index in [0.29, 0.717) is 23.6 Å². The fraction of sp³-hybridized carbons (Fsp3) is 0.190. The standard InChI is InChI=1S/C21H22N2O5/c1-3-27-18-11-9-17(10-12-18)23-20(25)14-28-21(26)19(22-15(2)24)13-16-7-5-4-6-8-16/h4-13H,3,14H2,1-2H3,(H,22,24)(H,23,25)/b19-13-. The fourth-order valence-corrected chi connectivity index (χ4v) is 2.26. The zero-order valence-electron chi connectivity index (χ0n) is 15.7. The van der Waals surface area contributed by atoms with E-state index in [4.69, 9.17) is 9.47 Å². The summed E-state index contributed by atoms with van der Waals surface area (Å²) in [6.45, 7) is 3.22. The maximum atomic E-state index is 12.3. The van der Waals surface area contributed by atoms with Gasteiger partial charge in [0.15, 0.2) is 6.61 Å². The van der Waals surface area contributed by atoms with Gasteiger partial charge in [0.2, 0.25) is 5.91 Å². The van der Waals surface area contributed by atoms with Crippen LogP contribution in [0.5, 0.6) is 5.75 Å². The summed E-state index contributed by atoms with van der Waals surface area (Å²) in [4.78, 5) is 35.6. The predicted octanol–water partition coefficient (Wildman–Crippen LogP) is 2.74. The first-order valence-corrected chi connectivity index (χ1v) is 8.72. The van der Waals surface area contributed by atoms with Crippen molar-refractivity contribution in [3.05, 3.63) is 65.9 Å². The molecule has 0 saturated heterocycles. The van der Waals surface area contributed by atoms with Gasteiger partial charge in [0, 0.05) is 12.6 Å². The normalized spacial score (nSPS) is 10.7. The van der Waals surface area contributed by atoms with E-state index >= 15 is 0 Å². The van der Waals surface area contributed by atoms with Crippen molar-refractivity contribution >= 4 is 29.5 Å². The van der Waals surface area contributed by atoms with E-state index in [1.807, 2.05) is 13.0 Å². The van der Waals surface area contributed by atoms with E-state index in [1.54, 1.807) is 48.5 Å². The summed E-state index contributed by atoms with van der Waals surface area (Å²) in [7, 11) is 0. The van der Waals surface area contributed by atoms with E-state index in [-0.39, 0.29) is 5.70 Å². The zero-order valence-corrected chi connectivity index (χ0v) is 15.7. The molecule has 0 bridgehead atoms. The average molecular weight is 382 g/mol. The maximum absolute atomic E-state index is 12.3. The van der Waals surface area contributed by atoms with Crippen molar-refractivity contribution in [2.45, 2.75) is 13.8 Å². The van der Waals surface area contributed by atoms with Crippen LogP contribution in [0, 0.1) is 0 Å². The van der Waals surface area contributed by atoms with Gasteiger partial charge in [-0.25, -0.2) is 4.79 Å². The Morgan fingerprint density at radius 2 is 1.68 bits per heavy atom. The number of esters is 1. The molecular formula is C21H22N2O5. The van der Waals surface area contributed by atoms with Crippen molar-refractivity contribution in [3.8, 4) is 5.75 Å². The monoisotopic (exact) mass is 382 g/mol. The van der Waals surface area contributed by atoms with Crippen LogP contribution in [0.15, 0.2) is 60.3 Å². The molecule has 7 nitrogen and oxygen atoms in total. The number of amides is 2. The van der Waals surface area contributed by atoms with E-state index in [1.165, 1.54) is 13.0 Å². The minimum atomic E-state index is -0.805. The molecule has 0 aliphatic rings. The molecule has 0 saturated carbocycles. The quantitative estimate of drug-likeness (QED) is 0.541. The zero-order chi connectivity index (χ0) is 20.4. The van der Waals surface area contributed by atoms with Gasteiger partial charge in [-0.1, -0.05) is 30.3 Å². The van der Waals surface area contributed by atoms with Gasteiger partial charge in [0.05, 0.1) is 6.61 Å². The Hall–Kier alpha value is -3.61. The summed E-state index contributed by atoms with van der Waals surface area (Å²) < 4.78 is 10.3. The second-order valence-electron chi connectivity index (χ2n) is 5.73. The smallest absolute Gasteiger partial charge is 0.355 e. The van der Waals surface area contributed by atoms with Crippen LogP contribution in [-0.4, -0.2) is 31.0 Å². The van der Waals surface area contributed by atoms with Gasteiger partial charge in [-0.3, -0.25) is 9.59 Å². The van der Waals surface area contributed by atoms with Crippen molar-refractivity contribution in [1.82, 2.24) is 5.32 Å². The number of rotatable bonds is 8. The second kappa shape index (κ2) is 10.5. The lowest BCUT2D eigenvalue weighted by atomic mass is 10.2. The molecule has 146 valence electrons. The lowest BCUT2D eigenvalue weighted by Crippen LogP contribution is -2.28. The lowest BCUT2D eigenvalue weighted by Gasteiger charge is -2.10. The Morgan fingerprint density at radius 3 is 2.29 bits per heavy atom. The lowest BCUT2D eigenvalue weighted by molar-refractivity contribution is -0.144. The Bertz CT molecular complexity index is 845. The third-order valence-corrected chi connectivity index (χ3v) is 3.42. The van der Waals surface area contributed by atoms with Crippen LogP contribution in [0.3, 0.4) is 0 Å². The highest BCUT2D eigenvalue weighted by atomic mass is 16.5. The van der Waals surface area contributed by atoms with Crippen LogP contribution in [0.2, 0.25) is 0 Å². The highest BCUT2D eigenvalue weighted by molar-refractivity contribution is 5.99. The topological polar surface area (TPSA) is 93.7 Å². The molecule has 0 fully saturated rings. The largest absolute Gasteiger partial charge is 0.494 e. The fourth-order valence-electron chi connectivity index (χ4n) is 2.26. The summed E-state index contributed by atoms with van der Waals surface area (Å²) in [6.07, 6.45) is 1.48. The van der Waals surface area contributed by atoms with E-state index in [9.17, 15) is 14.4 Å². The molecule has 0 radical (unpaired) electrons. The summed E-state index contributed by atoms with van der Waals surface area (Å²) in [6, 6.07) is 15.8. The molecule has 0 aliphatic heterocycles. The SMILES string of the molecule is CCOc1ccc(NC(=O)COC(=O)/C(=C/c2ccccc2)NC(C)=O)cc1. The third kappa shape index (κ3) is 6.95. The molecule has 2 aromatic rings. The Kier molecular flexibility index (Phi) is 7.77. The molecule has 0 spiro atoms. The number of anilines is 1. The van der Waals surface area contributed by atoms with Crippen LogP contribution in [-0.2, 0) is 19.1 Å². The molecule has 0 aromatic heterocycles. The summed E-state index contributed by atoms with van der Waals surface area (Å²) in [5, 5.41) is 5.04. The van der Waals surface area contributed by atoms with Gasteiger partial charge >= 0.3 is 5.97 Å². The third-order valence-electron chi connectivity index (χ3n) is 3.42. The van der Waals surface area contributed by atoms with Gasteiger partial charge in [-0.15, -0.1) is 0 Å². The molecule has 0 aliphatic carbocycles. The van der Waals surface area contributed by atoms with Crippen molar-refractivity contribution in [2.75, 3.05) is 18.5 Å². The van der Waals surface area contributed by atoms with Gasteiger partial charge in [0.1, 0.15) is 11.4 Å². The molecule has 28 heavy (non-hydrogen) atoms. The van der Waals surface area contributed by atoms with Crippen molar-refractivity contribution < 1.29 is 23.9 Å². The van der Waals surface area contributed by atoms with Crippen LogP contribution in [0.25, 0.3) is 6.08 Å². The molecule has 2 rings (SSSR count). The van der Waals surface area contributed by atoms with Crippen molar-refractivity contribution in [1.29, 1.82) is 0 Å². The molecule has 0 unspecified atom stereocenters. The van der Waals surface area contributed by atoms with Crippen LogP contribution >= 0.6 is 0 Å². The van der Waals surface area contributed by atoms with Crippen LogP contribution in [0.4, 0.5) is 5.69 Å². The van der Waals surface area contributed by atoms with Gasteiger partial charge in [-0.2, -0.15) is 0 Å². The number of nitrogens with one attached hydrogen (secondary N) is 2. The molecule has 2 N–H and O–H groups in total. The Labute approximate surface area is 163 Å². The number of carbonyl (C=O) groups is 3. The van der Waals surface area contributed by atoms with Crippen LogP contribution in [0.1, 0.15) is 19.4 Å². The highest BCUT2D eigenvalue weighted by Gasteiger charge is 2.15. The molecule has 0 atom stereocenters. The summed E-state index contributed by atoms with van der Waals surface area (Å²) in [5.41, 5.74) is 1.21. The second-order valence-corrected chi connectivity index (χ2v) is 5.73. The summed E-state index contributed by atoms with van der Waals surface area (Å²) in [5.74, 6) is -1.03. The minimum absolute atomic E-state index is 0.0485. The molecule has 0 heterocycles. The minimum Gasteiger partial charge on any atom is -0.494 e. The molecule has 2 amide bonds. The first-order chi connectivity index (χ1) is 13.5. The van der Waals surface area contributed by atoms with Crippen molar-refractivity contribution in [2.24, 2.45) is 0 Å². The number of hydrogen-bond donors (Lipinski definition) is 2. The highest BCUT2D eigenvalue weighted by Crippen LogP contribution is 2.15. The van der Waals surface area contributed by atoms with Gasteiger partial charge < -0.3 is 20.1 Å². The van der Waals surface area contributed by atoms with E-state index < -0.39 is 24.4 Å². The van der Waals surface area contributed by atoms with E-state index in [0.717, 1.165) is 0 Å². The Morgan fingerprint density at radius 1 is 1.00 bits per heavy atom. The summed E-state index contributed by atoms with van der Waals surface area (Å²) >= 11 is 0. The van der Waals surface area contributed by atoms with Gasteiger partial charge in [-0.05, 0) is 42.8 Å². The number of benzene rings is 2. The number of ether oxygens (including phenoxy) is 2. The van der Waals surface area contributed by atoms with Gasteiger partial charge in [0.25, 0.3) is 5.91 Å². The first kappa shape index (κ1) is 20.7. The first-order valence-electron chi connectivity index (χ1n) is 8.72. The average Bonchev–Trinajstić information content (AvgIpc) is 2.68. The maximum Gasteiger partial charge on any atom is 0.355 e. The predicted molar refractivity (Wildman–Crippen MR) is 105 cm³/mol. The molecule has 2 aromatic carbocycles. The van der Waals surface area contributed by atoms with Crippen molar-refractivity contribution in [3.63, 3.8) is 0 Å². The number of carbonyl (C=O) groups excluding carboxylic acids is 3. The van der Waals surface area contributed by atoms with E-state index in [2.05, 4.69) is 10.6 Å². The molecule has 7 heteroatoms.